The molecule has 0 saturated carbocycles. The molecule has 1 aliphatic rings. The topological polar surface area (TPSA) is 90.7 Å². The van der Waals surface area contributed by atoms with Crippen LogP contribution in [0.4, 0.5) is 5.69 Å². The van der Waals surface area contributed by atoms with Gasteiger partial charge in [-0.1, -0.05) is 12.1 Å². The van der Waals surface area contributed by atoms with Crippen LogP contribution in [0.2, 0.25) is 0 Å². The molecule has 2 aromatic carbocycles. The number of amides is 1. The molecule has 3 rings (SSSR count). The van der Waals surface area contributed by atoms with Crippen LogP contribution < -0.4 is 14.8 Å². The molecular formula is C21H22N2O5. The van der Waals surface area contributed by atoms with Gasteiger partial charge in [-0.2, -0.15) is 0 Å². The highest BCUT2D eigenvalue weighted by atomic mass is 16.6. The zero-order valence-corrected chi connectivity index (χ0v) is 16.0. The van der Waals surface area contributed by atoms with Crippen LogP contribution >= 0.6 is 0 Å². The number of ether oxygens (including phenoxy) is 2. The maximum atomic E-state index is 12.5. The Kier molecular flexibility index (Phi) is 5.35. The van der Waals surface area contributed by atoms with Gasteiger partial charge in [-0.05, 0) is 43.7 Å². The van der Waals surface area contributed by atoms with E-state index in [2.05, 4.69) is 5.32 Å². The zero-order valence-electron chi connectivity index (χ0n) is 16.0. The first-order chi connectivity index (χ1) is 13.3. The summed E-state index contributed by atoms with van der Waals surface area (Å²) in [5.74, 6) is 1.11. The average Bonchev–Trinajstić information content (AvgIpc) is 2.65. The van der Waals surface area contributed by atoms with Crippen molar-refractivity contribution in [2.24, 2.45) is 0 Å². The smallest absolute Gasteiger partial charge is 0.270 e. The van der Waals surface area contributed by atoms with E-state index in [9.17, 15) is 14.9 Å². The summed E-state index contributed by atoms with van der Waals surface area (Å²) in [6, 6.07) is 11.4. The summed E-state index contributed by atoms with van der Waals surface area (Å²) >= 11 is 0. The molecule has 28 heavy (non-hydrogen) atoms. The van der Waals surface area contributed by atoms with E-state index >= 15 is 0 Å². The Morgan fingerprint density at radius 3 is 2.82 bits per heavy atom. The maximum absolute atomic E-state index is 12.5. The highest BCUT2D eigenvalue weighted by Gasteiger charge is 2.34. The number of non-ortho nitro benzene ring substituents is 1. The molecule has 0 spiro atoms. The summed E-state index contributed by atoms with van der Waals surface area (Å²) < 4.78 is 11.3. The number of nitrogens with zero attached hydrogens (tertiary/aromatic N) is 1. The molecule has 0 aliphatic carbocycles. The van der Waals surface area contributed by atoms with E-state index in [1.54, 1.807) is 25.3 Å². The van der Waals surface area contributed by atoms with Gasteiger partial charge in [0.15, 0.2) is 0 Å². The Balaban J connectivity index is 1.78. The minimum absolute atomic E-state index is 0.0187. The van der Waals surface area contributed by atoms with E-state index in [4.69, 9.17) is 9.47 Å². The lowest BCUT2D eigenvalue weighted by molar-refractivity contribution is -0.384. The van der Waals surface area contributed by atoms with Crippen LogP contribution in [0.3, 0.4) is 0 Å². The first-order valence-electron chi connectivity index (χ1n) is 8.87. The van der Waals surface area contributed by atoms with Crippen LogP contribution in [0.5, 0.6) is 11.5 Å². The third-order valence-electron chi connectivity index (χ3n) is 4.50. The van der Waals surface area contributed by atoms with Crippen molar-refractivity contribution in [1.82, 2.24) is 5.32 Å². The van der Waals surface area contributed by atoms with Gasteiger partial charge in [0.05, 0.1) is 18.1 Å². The Morgan fingerprint density at radius 1 is 1.32 bits per heavy atom. The zero-order chi connectivity index (χ0) is 20.3. The molecule has 0 radical (unpaired) electrons. The van der Waals surface area contributed by atoms with E-state index < -0.39 is 10.5 Å². The summed E-state index contributed by atoms with van der Waals surface area (Å²) in [5, 5.41) is 13.9. The average molecular weight is 382 g/mol. The van der Waals surface area contributed by atoms with Gasteiger partial charge in [0.25, 0.3) is 5.69 Å². The van der Waals surface area contributed by atoms with Gasteiger partial charge < -0.3 is 14.8 Å². The van der Waals surface area contributed by atoms with Gasteiger partial charge in [-0.15, -0.1) is 0 Å². The summed E-state index contributed by atoms with van der Waals surface area (Å²) in [7, 11) is 1.59. The van der Waals surface area contributed by atoms with Gasteiger partial charge in [-0.3, -0.25) is 14.9 Å². The predicted octanol–water partition coefficient (Wildman–Crippen LogP) is 4.04. The number of benzene rings is 2. The lowest BCUT2D eigenvalue weighted by atomic mass is 9.89. The minimum atomic E-state index is -0.466. The van der Waals surface area contributed by atoms with Gasteiger partial charge in [-0.25, -0.2) is 0 Å². The monoisotopic (exact) mass is 382 g/mol. The fraction of sp³-hybridized carbons (Fsp3) is 0.286. The van der Waals surface area contributed by atoms with E-state index in [-0.39, 0.29) is 17.6 Å². The molecule has 7 nitrogen and oxygen atoms in total. The van der Waals surface area contributed by atoms with Crippen molar-refractivity contribution in [3.05, 3.63) is 69.8 Å². The van der Waals surface area contributed by atoms with Crippen LogP contribution in [0.1, 0.15) is 37.4 Å². The maximum Gasteiger partial charge on any atom is 0.270 e. The predicted molar refractivity (Wildman–Crippen MR) is 105 cm³/mol. The molecular weight excluding hydrogens is 360 g/mol. The van der Waals surface area contributed by atoms with Crippen molar-refractivity contribution in [2.45, 2.75) is 31.9 Å². The van der Waals surface area contributed by atoms with Crippen molar-refractivity contribution in [3.8, 4) is 11.5 Å². The summed E-state index contributed by atoms with van der Waals surface area (Å²) in [5.41, 5.74) is 0.993. The number of hydrogen-bond donors (Lipinski definition) is 1. The van der Waals surface area contributed by atoms with Crippen molar-refractivity contribution >= 4 is 17.7 Å². The highest BCUT2D eigenvalue weighted by molar-refractivity contribution is 5.92. The van der Waals surface area contributed by atoms with Gasteiger partial charge in [0.2, 0.25) is 5.91 Å². The number of fused-ring (bicyclic) bond motifs is 1. The third-order valence-corrected chi connectivity index (χ3v) is 4.50. The molecule has 146 valence electrons. The van der Waals surface area contributed by atoms with Crippen LogP contribution in [0, 0.1) is 10.1 Å². The summed E-state index contributed by atoms with van der Waals surface area (Å²) in [6.07, 6.45) is 3.53. The molecule has 0 fully saturated rings. The second-order valence-electron chi connectivity index (χ2n) is 7.22. The van der Waals surface area contributed by atoms with E-state index in [1.165, 1.54) is 18.2 Å². The number of carbonyl (C=O) groups excluding carboxylic acids is 1. The van der Waals surface area contributed by atoms with Crippen molar-refractivity contribution < 1.29 is 19.2 Å². The normalized spacial score (nSPS) is 17.5. The molecule has 1 heterocycles. The van der Waals surface area contributed by atoms with E-state index in [0.29, 0.717) is 23.5 Å². The van der Waals surface area contributed by atoms with Crippen molar-refractivity contribution in [2.75, 3.05) is 7.11 Å². The summed E-state index contributed by atoms with van der Waals surface area (Å²) in [6.45, 7) is 3.94. The van der Waals surface area contributed by atoms with Crippen LogP contribution in [0.25, 0.3) is 6.08 Å². The highest BCUT2D eigenvalue weighted by Crippen LogP contribution is 2.41. The number of hydrogen-bond acceptors (Lipinski definition) is 5. The van der Waals surface area contributed by atoms with E-state index in [0.717, 1.165) is 5.56 Å². The number of methoxy groups -OCH3 is 1. The quantitative estimate of drug-likeness (QED) is 0.479. The van der Waals surface area contributed by atoms with Crippen molar-refractivity contribution in [3.63, 3.8) is 0 Å². The molecule has 1 atom stereocenters. The number of rotatable bonds is 5. The molecule has 1 N–H and O–H groups in total. The standard InChI is InChI=1S/C21H22N2O5/c1-21(2)13-18(17-12-16(27-3)8-9-19(17)28-21)22-20(24)10-7-14-5-4-6-15(11-14)23(25)26/h4-12,18H,13H2,1-3H3,(H,22,24)/b10-7+/t18-/m1/s1. The number of nitro benzene ring substituents is 1. The Bertz CT molecular complexity index is 936. The molecule has 0 unspecified atom stereocenters. The van der Waals surface area contributed by atoms with Gasteiger partial charge in [0.1, 0.15) is 17.1 Å². The van der Waals surface area contributed by atoms with Crippen LogP contribution in [-0.2, 0) is 4.79 Å². The third kappa shape index (κ3) is 4.49. The minimum Gasteiger partial charge on any atom is -0.497 e. The van der Waals surface area contributed by atoms with Crippen LogP contribution in [-0.4, -0.2) is 23.5 Å². The van der Waals surface area contributed by atoms with Gasteiger partial charge >= 0.3 is 0 Å². The molecule has 2 aromatic rings. The first-order valence-corrected chi connectivity index (χ1v) is 8.87. The Labute approximate surface area is 163 Å². The molecule has 0 bridgehead atoms. The second kappa shape index (κ2) is 7.72. The SMILES string of the molecule is COc1ccc2c(c1)[C@H](NC(=O)/C=C/c1cccc([N+](=O)[O-])c1)CC(C)(C)O2. The lowest BCUT2D eigenvalue weighted by Gasteiger charge is -2.37. The molecule has 0 aromatic heterocycles. The number of nitro groups is 1. The molecule has 1 aliphatic heterocycles. The number of carbonyl (C=O) groups is 1. The molecule has 0 saturated heterocycles. The van der Waals surface area contributed by atoms with Crippen molar-refractivity contribution in [1.29, 1.82) is 0 Å². The van der Waals surface area contributed by atoms with Crippen LogP contribution in [0.15, 0.2) is 48.5 Å². The molecule has 1 amide bonds. The Morgan fingerprint density at radius 2 is 2.11 bits per heavy atom. The largest absolute Gasteiger partial charge is 0.497 e. The Hall–Kier alpha value is -3.35. The molecule has 7 heteroatoms. The fourth-order valence-corrected chi connectivity index (χ4v) is 3.22. The number of nitrogens with one attached hydrogen (secondary N) is 1. The second-order valence-corrected chi connectivity index (χ2v) is 7.22. The first kappa shape index (κ1) is 19.4. The fourth-order valence-electron chi connectivity index (χ4n) is 3.22. The summed E-state index contributed by atoms with van der Waals surface area (Å²) in [4.78, 5) is 22.9. The van der Waals surface area contributed by atoms with Gasteiger partial charge in [0, 0.05) is 30.2 Å². The lowest BCUT2D eigenvalue weighted by Crippen LogP contribution is -2.40. The van der Waals surface area contributed by atoms with E-state index in [1.807, 2.05) is 32.0 Å².